The molecule has 0 spiro atoms. The van der Waals surface area contributed by atoms with Crippen LogP contribution in [-0.2, 0) is 14.3 Å². The molecular weight excluding hydrogens is 374 g/mol. The molecule has 0 radical (unpaired) electrons. The number of esters is 1. The van der Waals surface area contributed by atoms with Crippen LogP contribution in [0.5, 0.6) is 0 Å². The van der Waals surface area contributed by atoms with Crippen molar-refractivity contribution >= 4 is 34.5 Å². The predicted molar refractivity (Wildman–Crippen MR) is 103 cm³/mol. The van der Waals surface area contributed by atoms with Gasteiger partial charge in [-0.15, -0.1) is 0 Å². The molecule has 0 saturated carbocycles. The van der Waals surface area contributed by atoms with Crippen molar-refractivity contribution in [2.24, 2.45) is 0 Å². The standard InChI is InChI=1S/C21H21N3O5/c1-29-21(28)20(27)23-11-8-22(9-12-23)10-13-24-18(25)15-6-2-4-14-5-3-7-16(17(14)15)19(24)26/h2-7H,8-13H2,1H3/p+1. The summed E-state index contributed by atoms with van der Waals surface area (Å²) >= 11 is 0. The molecule has 4 rings (SSSR count). The van der Waals surface area contributed by atoms with E-state index in [1.165, 1.54) is 21.8 Å². The van der Waals surface area contributed by atoms with Crippen molar-refractivity contribution in [2.45, 2.75) is 0 Å². The summed E-state index contributed by atoms with van der Waals surface area (Å²) < 4.78 is 4.48. The van der Waals surface area contributed by atoms with Gasteiger partial charge in [0.1, 0.15) is 0 Å². The summed E-state index contributed by atoms with van der Waals surface area (Å²) in [5.41, 5.74) is 1.11. The molecule has 2 heterocycles. The zero-order valence-electron chi connectivity index (χ0n) is 16.1. The van der Waals surface area contributed by atoms with Crippen molar-refractivity contribution in [3.63, 3.8) is 0 Å². The molecule has 8 nitrogen and oxygen atoms in total. The smallest absolute Gasteiger partial charge is 0.396 e. The summed E-state index contributed by atoms with van der Waals surface area (Å²) in [6.07, 6.45) is 0. The number of imide groups is 1. The monoisotopic (exact) mass is 396 g/mol. The number of hydrogen-bond donors (Lipinski definition) is 1. The Morgan fingerprint density at radius 1 is 1.00 bits per heavy atom. The first kappa shape index (κ1) is 19.1. The van der Waals surface area contributed by atoms with E-state index in [1.807, 2.05) is 24.3 Å². The maximum atomic E-state index is 12.9. The van der Waals surface area contributed by atoms with E-state index in [2.05, 4.69) is 4.74 Å². The van der Waals surface area contributed by atoms with E-state index >= 15 is 0 Å². The third-order valence-electron chi connectivity index (χ3n) is 5.66. The summed E-state index contributed by atoms with van der Waals surface area (Å²) in [6, 6.07) is 11.0. The van der Waals surface area contributed by atoms with E-state index < -0.39 is 11.9 Å². The lowest BCUT2D eigenvalue weighted by Crippen LogP contribution is -3.15. The Kier molecular flexibility index (Phi) is 5.02. The third-order valence-corrected chi connectivity index (χ3v) is 5.66. The van der Waals surface area contributed by atoms with Crippen LogP contribution in [0, 0.1) is 0 Å². The van der Waals surface area contributed by atoms with Crippen LogP contribution in [0.25, 0.3) is 10.8 Å². The second-order valence-electron chi connectivity index (χ2n) is 7.25. The van der Waals surface area contributed by atoms with Crippen LogP contribution in [0.3, 0.4) is 0 Å². The van der Waals surface area contributed by atoms with Crippen molar-refractivity contribution in [1.82, 2.24) is 9.80 Å². The van der Waals surface area contributed by atoms with Crippen LogP contribution in [0.2, 0.25) is 0 Å². The Balaban J connectivity index is 1.41. The van der Waals surface area contributed by atoms with Crippen LogP contribution in [0.4, 0.5) is 0 Å². The molecule has 2 aromatic carbocycles. The van der Waals surface area contributed by atoms with Gasteiger partial charge in [-0.3, -0.25) is 19.3 Å². The van der Waals surface area contributed by atoms with Crippen molar-refractivity contribution in [3.8, 4) is 0 Å². The van der Waals surface area contributed by atoms with Crippen LogP contribution in [0.15, 0.2) is 36.4 Å². The van der Waals surface area contributed by atoms with E-state index in [0.29, 0.717) is 50.4 Å². The van der Waals surface area contributed by atoms with Gasteiger partial charge in [0.25, 0.3) is 11.8 Å². The van der Waals surface area contributed by atoms with Gasteiger partial charge in [0, 0.05) is 16.5 Å². The van der Waals surface area contributed by atoms with E-state index in [9.17, 15) is 19.2 Å². The van der Waals surface area contributed by atoms with Crippen molar-refractivity contribution in [3.05, 3.63) is 47.5 Å². The molecule has 8 heteroatoms. The topological polar surface area (TPSA) is 88.4 Å². The largest absolute Gasteiger partial charge is 0.462 e. The number of quaternary nitrogens is 1. The zero-order valence-corrected chi connectivity index (χ0v) is 16.1. The van der Waals surface area contributed by atoms with Gasteiger partial charge in [-0.25, -0.2) is 4.79 Å². The summed E-state index contributed by atoms with van der Waals surface area (Å²) in [5, 5.41) is 1.61. The second-order valence-corrected chi connectivity index (χ2v) is 7.25. The maximum Gasteiger partial charge on any atom is 0.396 e. The van der Waals surface area contributed by atoms with Gasteiger partial charge >= 0.3 is 11.9 Å². The Morgan fingerprint density at radius 3 is 2.14 bits per heavy atom. The van der Waals surface area contributed by atoms with Crippen molar-refractivity contribution < 1.29 is 28.8 Å². The lowest BCUT2D eigenvalue weighted by atomic mass is 9.94. The number of methoxy groups -OCH3 is 1. The number of amides is 3. The number of carbonyl (C=O) groups is 4. The van der Waals surface area contributed by atoms with Crippen molar-refractivity contribution in [2.75, 3.05) is 46.4 Å². The molecule has 2 aliphatic heterocycles. The van der Waals surface area contributed by atoms with Crippen LogP contribution >= 0.6 is 0 Å². The van der Waals surface area contributed by atoms with Crippen LogP contribution in [-0.4, -0.2) is 79.9 Å². The number of benzene rings is 2. The first-order valence-corrected chi connectivity index (χ1v) is 9.60. The third kappa shape index (κ3) is 3.36. The summed E-state index contributed by atoms with van der Waals surface area (Å²) in [4.78, 5) is 53.1. The number of nitrogens with one attached hydrogen (secondary N) is 1. The quantitative estimate of drug-likeness (QED) is 0.423. The Labute approximate surface area is 167 Å². The fraction of sp³-hybridized carbons (Fsp3) is 0.333. The average Bonchev–Trinajstić information content (AvgIpc) is 2.76. The van der Waals surface area contributed by atoms with Gasteiger partial charge in [0.05, 0.1) is 46.4 Å². The van der Waals surface area contributed by atoms with Crippen LogP contribution in [0.1, 0.15) is 20.7 Å². The highest BCUT2D eigenvalue weighted by atomic mass is 16.5. The summed E-state index contributed by atoms with van der Waals surface area (Å²) in [7, 11) is 1.19. The zero-order chi connectivity index (χ0) is 20.5. The van der Waals surface area contributed by atoms with Gasteiger partial charge < -0.3 is 14.5 Å². The summed E-state index contributed by atoms with van der Waals surface area (Å²) in [5.74, 6) is -2.01. The number of nitrogens with zero attached hydrogens (tertiary/aromatic N) is 2. The van der Waals surface area contributed by atoms with E-state index in [4.69, 9.17) is 0 Å². The molecular formula is C21H22N3O5+. The lowest BCUT2D eigenvalue weighted by Gasteiger charge is -2.33. The summed E-state index contributed by atoms with van der Waals surface area (Å²) in [6.45, 7) is 3.06. The normalized spacial score (nSPS) is 17.0. The molecule has 0 aliphatic carbocycles. The molecule has 29 heavy (non-hydrogen) atoms. The highest BCUT2D eigenvalue weighted by Gasteiger charge is 2.34. The Bertz CT molecular complexity index is 960. The highest BCUT2D eigenvalue weighted by Crippen LogP contribution is 2.29. The second kappa shape index (κ2) is 7.63. The molecule has 1 fully saturated rings. The number of rotatable bonds is 3. The number of piperazine rings is 1. The molecule has 2 aromatic rings. The van der Waals surface area contributed by atoms with Gasteiger partial charge in [-0.2, -0.15) is 0 Å². The SMILES string of the molecule is COC(=O)C(=O)N1CC[NH+](CCN2C(=O)c3cccc4cccc(c34)C2=O)CC1. The lowest BCUT2D eigenvalue weighted by molar-refractivity contribution is -0.903. The average molecular weight is 396 g/mol. The molecule has 150 valence electrons. The molecule has 0 bridgehead atoms. The first-order chi connectivity index (χ1) is 14.0. The number of ether oxygens (including phenoxy) is 1. The van der Waals surface area contributed by atoms with Gasteiger partial charge in [0.15, 0.2) is 0 Å². The molecule has 3 amide bonds. The maximum absolute atomic E-state index is 12.9. The number of hydrogen-bond acceptors (Lipinski definition) is 5. The minimum absolute atomic E-state index is 0.266. The van der Waals surface area contributed by atoms with Crippen molar-refractivity contribution in [1.29, 1.82) is 0 Å². The fourth-order valence-electron chi connectivity index (χ4n) is 4.05. The molecule has 0 atom stereocenters. The Hall–Kier alpha value is -3.26. The van der Waals surface area contributed by atoms with E-state index in [-0.39, 0.29) is 11.8 Å². The van der Waals surface area contributed by atoms with E-state index in [0.717, 1.165) is 10.8 Å². The molecule has 1 N–H and O–H groups in total. The van der Waals surface area contributed by atoms with E-state index in [1.54, 1.807) is 12.1 Å². The van der Waals surface area contributed by atoms with Gasteiger partial charge in [-0.05, 0) is 17.5 Å². The Morgan fingerprint density at radius 2 is 1.59 bits per heavy atom. The molecule has 0 unspecified atom stereocenters. The minimum atomic E-state index is -0.856. The van der Waals surface area contributed by atoms with Gasteiger partial charge in [-0.1, -0.05) is 24.3 Å². The number of carbonyl (C=O) groups excluding carboxylic acids is 4. The molecule has 2 aliphatic rings. The molecule has 0 aromatic heterocycles. The van der Waals surface area contributed by atoms with Gasteiger partial charge in [0.2, 0.25) is 0 Å². The molecule has 1 saturated heterocycles. The fourth-order valence-corrected chi connectivity index (χ4v) is 4.05. The first-order valence-electron chi connectivity index (χ1n) is 9.60. The predicted octanol–water partition coefficient (Wildman–Crippen LogP) is -0.664. The van der Waals surface area contributed by atoms with Crippen LogP contribution < -0.4 is 4.90 Å². The highest BCUT2D eigenvalue weighted by molar-refractivity contribution is 6.32. The minimum Gasteiger partial charge on any atom is -0.462 e.